The maximum Gasteiger partial charge on any atom is 0.261 e. The summed E-state index contributed by atoms with van der Waals surface area (Å²) in [5.74, 6) is 1.54. The van der Waals surface area contributed by atoms with Crippen LogP contribution in [0.25, 0.3) is 5.31 Å². The van der Waals surface area contributed by atoms with Crippen LogP contribution in [0.5, 0.6) is 0 Å². The zero-order valence-electron chi connectivity index (χ0n) is 16.7. The minimum Gasteiger partial charge on any atom is -0.318 e. The molecule has 2 nitrogen and oxygen atoms in total. The first-order chi connectivity index (χ1) is 12.9. The largest absolute Gasteiger partial charge is 0.318 e. The summed E-state index contributed by atoms with van der Waals surface area (Å²) in [5.41, 5.74) is 0.884. The molecule has 0 aromatic heterocycles. The molecule has 0 bridgehead atoms. The van der Waals surface area contributed by atoms with E-state index in [-0.39, 0.29) is 6.10 Å². The van der Waals surface area contributed by atoms with Crippen LogP contribution in [0.15, 0.2) is 67.2 Å². The Morgan fingerprint density at radius 3 is 2.22 bits per heavy atom. The maximum absolute atomic E-state index is 14.3. The fraction of sp³-hybridized carbons (Fsp3) is 0.417. The summed E-state index contributed by atoms with van der Waals surface area (Å²) in [6.45, 7) is 11.0. The van der Waals surface area contributed by atoms with Crippen molar-refractivity contribution in [2.45, 2.75) is 46.1 Å². The van der Waals surface area contributed by atoms with Crippen LogP contribution in [-0.2, 0) is 9.09 Å². The molecule has 3 heteroatoms. The van der Waals surface area contributed by atoms with Crippen molar-refractivity contribution < 1.29 is 9.09 Å². The average molecular weight is 382 g/mol. The highest BCUT2D eigenvalue weighted by Crippen LogP contribution is 2.60. The Morgan fingerprint density at radius 1 is 1.04 bits per heavy atom. The van der Waals surface area contributed by atoms with Crippen LogP contribution in [-0.4, -0.2) is 6.10 Å². The van der Waals surface area contributed by atoms with Gasteiger partial charge in [0.05, 0.1) is 6.10 Å². The lowest BCUT2D eigenvalue weighted by Gasteiger charge is -2.39. The van der Waals surface area contributed by atoms with Gasteiger partial charge in [-0.15, -0.1) is 0 Å². The van der Waals surface area contributed by atoms with Gasteiger partial charge in [0, 0.05) is 10.6 Å². The highest BCUT2D eigenvalue weighted by Gasteiger charge is 2.39. The second-order valence-corrected chi connectivity index (χ2v) is 10.5. The summed E-state index contributed by atoms with van der Waals surface area (Å²) >= 11 is 0. The van der Waals surface area contributed by atoms with Crippen LogP contribution in [0.4, 0.5) is 0 Å². The molecule has 1 fully saturated rings. The Kier molecular flexibility index (Phi) is 6.40. The summed E-state index contributed by atoms with van der Waals surface area (Å²) in [6, 6.07) is 19.4. The lowest BCUT2D eigenvalue weighted by atomic mass is 9.75. The SMILES string of the molecule is C=C(c1ccccc1)[P@@](=O)(O[C@@H]1C[C@H](C)CC[C@H]1C(C)C)c1ccccc1. The lowest BCUT2D eigenvalue weighted by molar-refractivity contribution is 0.0516. The predicted octanol–water partition coefficient (Wildman–Crippen LogP) is 6.74. The summed E-state index contributed by atoms with van der Waals surface area (Å²) in [4.78, 5) is 0. The first kappa shape index (κ1) is 20.1. The van der Waals surface area contributed by atoms with Crippen molar-refractivity contribution in [3.8, 4) is 0 Å². The molecule has 0 heterocycles. The summed E-state index contributed by atoms with van der Waals surface area (Å²) in [7, 11) is -3.25. The molecule has 1 aliphatic rings. The van der Waals surface area contributed by atoms with Crippen molar-refractivity contribution in [2.75, 3.05) is 0 Å². The molecule has 1 saturated carbocycles. The topological polar surface area (TPSA) is 26.3 Å². The van der Waals surface area contributed by atoms with Gasteiger partial charge in [-0.25, -0.2) is 0 Å². The lowest BCUT2D eigenvalue weighted by Crippen LogP contribution is -2.34. The monoisotopic (exact) mass is 382 g/mol. The van der Waals surface area contributed by atoms with E-state index in [1.54, 1.807) is 0 Å². The molecule has 27 heavy (non-hydrogen) atoms. The van der Waals surface area contributed by atoms with E-state index in [1.165, 1.54) is 6.42 Å². The second-order valence-electron chi connectivity index (χ2n) is 8.17. The third-order valence-electron chi connectivity index (χ3n) is 5.80. The van der Waals surface area contributed by atoms with Crippen LogP contribution in [0, 0.1) is 17.8 Å². The number of benzene rings is 2. The Labute approximate surface area is 164 Å². The van der Waals surface area contributed by atoms with Crippen molar-refractivity contribution in [3.05, 3.63) is 72.8 Å². The molecule has 2 aromatic carbocycles. The molecule has 2 aromatic rings. The molecule has 3 rings (SSSR count). The van der Waals surface area contributed by atoms with E-state index in [2.05, 4.69) is 27.4 Å². The van der Waals surface area contributed by atoms with E-state index in [9.17, 15) is 4.57 Å². The van der Waals surface area contributed by atoms with Gasteiger partial charge in [0.1, 0.15) is 0 Å². The zero-order chi connectivity index (χ0) is 19.4. The Balaban J connectivity index is 2.00. The van der Waals surface area contributed by atoms with Gasteiger partial charge in [-0.05, 0) is 48.3 Å². The third kappa shape index (κ3) is 4.45. The van der Waals surface area contributed by atoms with Gasteiger partial charge in [0.15, 0.2) is 0 Å². The standard InChI is InChI=1S/C24H31O2P/c1-18(2)23-16-15-19(3)17-24(23)26-27(25,22-13-9-6-10-14-22)20(4)21-11-7-5-8-12-21/h5-14,18-19,23-24H,4,15-17H2,1-3H3/t19-,23+,24-,27-/m1/s1. The number of rotatable bonds is 6. The van der Waals surface area contributed by atoms with Gasteiger partial charge >= 0.3 is 0 Å². The first-order valence-corrected chi connectivity index (χ1v) is 11.6. The minimum absolute atomic E-state index is 0.000233. The molecular formula is C24H31O2P. The van der Waals surface area contributed by atoms with Crippen molar-refractivity contribution in [1.29, 1.82) is 0 Å². The molecule has 0 radical (unpaired) electrons. The van der Waals surface area contributed by atoms with Crippen molar-refractivity contribution in [1.82, 2.24) is 0 Å². The van der Waals surface area contributed by atoms with Gasteiger partial charge in [0.25, 0.3) is 7.37 Å². The van der Waals surface area contributed by atoms with Gasteiger partial charge in [0.2, 0.25) is 0 Å². The summed E-state index contributed by atoms with van der Waals surface area (Å²) in [6.07, 6.45) is 3.32. The molecule has 144 valence electrons. The fourth-order valence-corrected chi connectivity index (χ4v) is 6.37. The van der Waals surface area contributed by atoms with E-state index in [1.807, 2.05) is 60.7 Å². The zero-order valence-corrected chi connectivity index (χ0v) is 17.6. The number of hydrogen-bond acceptors (Lipinski definition) is 2. The fourth-order valence-electron chi connectivity index (χ4n) is 4.13. The molecule has 0 saturated heterocycles. The van der Waals surface area contributed by atoms with E-state index >= 15 is 0 Å². The third-order valence-corrected chi connectivity index (χ3v) is 8.32. The molecule has 0 aliphatic heterocycles. The van der Waals surface area contributed by atoms with Gasteiger partial charge in [-0.2, -0.15) is 0 Å². The van der Waals surface area contributed by atoms with E-state index in [0.717, 1.165) is 23.7 Å². The number of hydrogen-bond donors (Lipinski definition) is 0. The molecule has 0 unspecified atom stereocenters. The molecule has 4 atom stereocenters. The second kappa shape index (κ2) is 8.59. The molecule has 0 amide bonds. The molecule has 1 aliphatic carbocycles. The van der Waals surface area contributed by atoms with Gasteiger partial charge < -0.3 is 4.52 Å². The maximum atomic E-state index is 14.3. The van der Waals surface area contributed by atoms with Crippen LogP contribution >= 0.6 is 7.37 Å². The van der Waals surface area contributed by atoms with Crippen molar-refractivity contribution in [3.63, 3.8) is 0 Å². The van der Waals surface area contributed by atoms with Crippen molar-refractivity contribution in [2.24, 2.45) is 17.8 Å². The first-order valence-electron chi connectivity index (χ1n) is 10.0. The highest BCUT2D eigenvalue weighted by molar-refractivity contribution is 7.76. The Morgan fingerprint density at radius 2 is 1.63 bits per heavy atom. The summed E-state index contributed by atoms with van der Waals surface area (Å²) in [5, 5.41) is 1.33. The van der Waals surface area contributed by atoms with Crippen LogP contribution in [0.1, 0.15) is 45.6 Å². The Hall–Kier alpha value is -1.63. The van der Waals surface area contributed by atoms with E-state index in [4.69, 9.17) is 4.52 Å². The molecular weight excluding hydrogens is 351 g/mol. The van der Waals surface area contributed by atoms with E-state index in [0.29, 0.717) is 23.1 Å². The molecule has 0 spiro atoms. The van der Waals surface area contributed by atoms with Gasteiger partial charge in [-0.1, -0.05) is 82.3 Å². The van der Waals surface area contributed by atoms with Crippen LogP contribution < -0.4 is 5.30 Å². The normalized spacial score (nSPS) is 25.1. The van der Waals surface area contributed by atoms with Crippen LogP contribution in [0.2, 0.25) is 0 Å². The van der Waals surface area contributed by atoms with Crippen molar-refractivity contribution >= 4 is 18.0 Å². The Bertz CT molecular complexity index is 798. The van der Waals surface area contributed by atoms with Gasteiger partial charge in [-0.3, -0.25) is 4.57 Å². The van der Waals surface area contributed by atoms with Crippen LogP contribution in [0.3, 0.4) is 0 Å². The smallest absolute Gasteiger partial charge is 0.261 e. The quantitative estimate of drug-likeness (QED) is 0.517. The van der Waals surface area contributed by atoms with E-state index < -0.39 is 7.37 Å². The predicted molar refractivity (Wildman–Crippen MR) is 115 cm³/mol. The molecule has 0 N–H and O–H groups in total. The average Bonchev–Trinajstić information content (AvgIpc) is 2.68. The minimum atomic E-state index is -3.25. The highest BCUT2D eigenvalue weighted by atomic mass is 31.2. The summed E-state index contributed by atoms with van der Waals surface area (Å²) < 4.78 is 20.9.